The minimum atomic E-state index is -0.128. The standard InChI is InChI=1S/C26H23ClN2O3/c27-19-8-6-17(7-9-19)22-16-32-26-20(25(22)31)10-11-24(30)21(26)15-29-13-2-1-5-23(29)18-4-3-12-28-14-18/h3-4,6-12,14,16,23,30H,1-2,5,13,15H2. The average molecular weight is 447 g/mol. The second-order valence-corrected chi connectivity index (χ2v) is 8.63. The zero-order valence-electron chi connectivity index (χ0n) is 17.5. The lowest BCUT2D eigenvalue weighted by Gasteiger charge is -2.36. The summed E-state index contributed by atoms with van der Waals surface area (Å²) in [7, 11) is 0. The molecule has 1 aliphatic rings. The summed E-state index contributed by atoms with van der Waals surface area (Å²) >= 11 is 5.98. The molecule has 0 spiro atoms. The summed E-state index contributed by atoms with van der Waals surface area (Å²) in [5.74, 6) is 0.135. The zero-order chi connectivity index (χ0) is 22.1. The van der Waals surface area contributed by atoms with Crippen LogP contribution in [0.4, 0.5) is 0 Å². The van der Waals surface area contributed by atoms with Crippen LogP contribution in [0.3, 0.4) is 0 Å². The third-order valence-corrected chi connectivity index (χ3v) is 6.47. The number of pyridine rings is 1. The van der Waals surface area contributed by atoms with Gasteiger partial charge in [-0.15, -0.1) is 0 Å². The monoisotopic (exact) mass is 446 g/mol. The lowest BCUT2D eigenvalue weighted by atomic mass is 9.95. The molecule has 6 heteroatoms. The lowest BCUT2D eigenvalue weighted by molar-refractivity contribution is 0.139. The maximum atomic E-state index is 13.3. The smallest absolute Gasteiger partial charge is 0.200 e. The number of fused-ring (bicyclic) bond motifs is 1. The minimum Gasteiger partial charge on any atom is -0.507 e. The van der Waals surface area contributed by atoms with Crippen LogP contribution in [0.25, 0.3) is 22.1 Å². The molecule has 0 saturated carbocycles. The number of piperidine rings is 1. The quantitative estimate of drug-likeness (QED) is 0.420. The van der Waals surface area contributed by atoms with E-state index in [-0.39, 0.29) is 17.2 Å². The number of nitrogens with zero attached hydrogens (tertiary/aromatic N) is 2. The number of hydrogen-bond donors (Lipinski definition) is 1. The number of halogens is 1. The van der Waals surface area contributed by atoms with Gasteiger partial charge in [0.1, 0.15) is 17.6 Å². The third-order valence-electron chi connectivity index (χ3n) is 6.22. The summed E-state index contributed by atoms with van der Waals surface area (Å²) in [5.41, 5.74) is 3.32. The summed E-state index contributed by atoms with van der Waals surface area (Å²) in [6, 6.07) is 14.6. The average Bonchev–Trinajstić information content (AvgIpc) is 2.83. The van der Waals surface area contributed by atoms with E-state index in [1.807, 2.05) is 12.3 Å². The van der Waals surface area contributed by atoms with Gasteiger partial charge in [-0.25, -0.2) is 0 Å². The van der Waals surface area contributed by atoms with Crippen molar-refractivity contribution in [1.82, 2.24) is 9.88 Å². The van der Waals surface area contributed by atoms with Gasteiger partial charge in [-0.2, -0.15) is 0 Å². The fourth-order valence-corrected chi connectivity index (χ4v) is 4.69. The van der Waals surface area contributed by atoms with Crippen molar-refractivity contribution < 1.29 is 9.52 Å². The Morgan fingerprint density at radius 1 is 1.12 bits per heavy atom. The van der Waals surface area contributed by atoms with E-state index >= 15 is 0 Å². The molecule has 162 valence electrons. The highest BCUT2D eigenvalue weighted by molar-refractivity contribution is 6.30. The molecular formula is C26H23ClN2O3. The predicted molar refractivity (Wildman–Crippen MR) is 126 cm³/mol. The van der Waals surface area contributed by atoms with Crippen molar-refractivity contribution in [3.8, 4) is 16.9 Å². The largest absolute Gasteiger partial charge is 0.507 e. The molecule has 3 heterocycles. The second-order valence-electron chi connectivity index (χ2n) is 8.19. The van der Waals surface area contributed by atoms with Crippen molar-refractivity contribution in [1.29, 1.82) is 0 Å². The summed E-state index contributed by atoms with van der Waals surface area (Å²) in [6.45, 7) is 1.40. The van der Waals surface area contributed by atoms with E-state index < -0.39 is 0 Å². The molecule has 5 rings (SSSR count). The molecule has 0 amide bonds. The second kappa shape index (κ2) is 8.77. The van der Waals surface area contributed by atoms with Gasteiger partial charge in [-0.05, 0) is 60.8 Å². The summed E-state index contributed by atoms with van der Waals surface area (Å²) in [6.07, 6.45) is 8.43. The first-order chi connectivity index (χ1) is 15.6. The number of aromatic nitrogens is 1. The summed E-state index contributed by atoms with van der Waals surface area (Å²) in [5, 5.41) is 11.8. The van der Waals surface area contributed by atoms with Gasteiger partial charge in [0.05, 0.1) is 16.5 Å². The molecule has 1 saturated heterocycles. The number of aromatic hydroxyl groups is 1. The van der Waals surface area contributed by atoms with E-state index in [1.54, 1.807) is 42.6 Å². The zero-order valence-corrected chi connectivity index (χ0v) is 18.3. The maximum Gasteiger partial charge on any atom is 0.200 e. The lowest BCUT2D eigenvalue weighted by Crippen LogP contribution is -2.33. The van der Waals surface area contributed by atoms with Gasteiger partial charge in [0.15, 0.2) is 0 Å². The number of rotatable bonds is 4. The van der Waals surface area contributed by atoms with Crippen LogP contribution >= 0.6 is 11.6 Å². The Bertz CT molecular complexity index is 1300. The molecule has 1 fully saturated rings. The van der Waals surface area contributed by atoms with Crippen LogP contribution in [0.15, 0.2) is 76.4 Å². The summed E-state index contributed by atoms with van der Waals surface area (Å²) < 4.78 is 5.97. The number of hydrogen-bond acceptors (Lipinski definition) is 5. The third kappa shape index (κ3) is 3.90. The molecule has 4 aromatic rings. The molecule has 1 atom stereocenters. The highest BCUT2D eigenvalue weighted by Gasteiger charge is 2.26. The molecule has 0 aliphatic carbocycles. The van der Waals surface area contributed by atoms with E-state index in [0.29, 0.717) is 33.7 Å². The Kier molecular flexibility index (Phi) is 5.68. The number of phenols is 1. The van der Waals surface area contributed by atoms with Crippen LogP contribution in [0, 0.1) is 0 Å². The highest BCUT2D eigenvalue weighted by atomic mass is 35.5. The number of likely N-dealkylation sites (tertiary alicyclic amines) is 1. The molecule has 2 aromatic carbocycles. The van der Waals surface area contributed by atoms with E-state index in [1.165, 1.54) is 11.8 Å². The van der Waals surface area contributed by atoms with E-state index in [4.69, 9.17) is 16.0 Å². The van der Waals surface area contributed by atoms with Crippen molar-refractivity contribution in [3.05, 3.63) is 93.6 Å². The highest BCUT2D eigenvalue weighted by Crippen LogP contribution is 2.35. The fourth-order valence-electron chi connectivity index (χ4n) is 4.56. The Morgan fingerprint density at radius 2 is 1.97 bits per heavy atom. The minimum absolute atomic E-state index is 0.128. The topological polar surface area (TPSA) is 66.6 Å². The van der Waals surface area contributed by atoms with Gasteiger partial charge in [0.25, 0.3) is 0 Å². The molecule has 1 unspecified atom stereocenters. The Morgan fingerprint density at radius 3 is 2.75 bits per heavy atom. The van der Waals surface area contributed by atoms with Crippen molar-refractivity contribution >= 4 is 22.6 Å². The van der Waals surface area contributed by atoms with E-state index in [2.05, 4.69) is 16.0 Å². The van der Waals surface area contributed by atoms with Crippen LogP contribution in [0.1, 0.15) is 36.4 Å². The molecule has 0 bridgehead atoms. The van der Waals surface area contributed by atoms with Crippen LogP contribution in [-0.4, -0.2) is 21.5 Å². The first-order valence-electron chi connectivity index (χ1n) is 10.8. The van der Waals surface area contributed by atoms with E-state index in [0.717, 1.165) is 31.4 Å². The SMILES string of the molecule is O=c1c(-c2ccc(Cl)cc2)coc2c(CN3CCCCC3c3cccnc3)c(O)ccc12. The molecule has 2 aromatic heterocycles. The Labute approximate surface area is 190 Å². The van der Waals surface area contributed by atoms with Crippen molar-refractivity contribution in [3.63, 3.8) is 0 Å². The number of phenolic OH excluding ortho intramolecular Hbond substituents is 1. The molecule has 1 N–H and O–H groups in total. The van der Waals surface area contributed by atoms with Crippen LogP contribution in [0.2, 0.25) is 5.02 Å². The van der Waals surface area contributed by atoms with Crippen LogP contribution in [-0.2, 0) is 6.54 Å². The molecular weight excluding hydrogens is 424 g/mol. The number of benzene rings is 2. The molecule has 32 heavy (non-hydrogen) atoms. The van der Waals surface area contributed by atoms with Gasteiger partial charge in [-0.1, -0.05) is 36.2 Å². The van der Waals surface area contributed by atoms with Crippen molar-refractivity contribution in [2.45, 2.75) is 31.8 Å². The van der Waals surface area contributed by atoms with Gasteiger partial charge in [0, 0.05) is 30.0 Å². The first kappa shape index (κ1) is 20.7. The van der Waals surface area contributed by atoms with Crippen molar-refractivity contribution in [2.75, 3.05) is 6.54 Å². The van der Waals surface area contributed by atoms with Gasteiger partial charge in [0.2, 0.25) is 5.43 Å². The Balaban J connectivity index is 1.55. The maximum absolute atomic E-state index is 13.3. The molecule has 5 nitrogen and oxygen atoms in total. The Hall–Kier alpha value is -3.15. The molecule has 0 radical (unpaired) electrons. The predicted octanol–water partition coefficient (Wildman–Crippen LogP) is 5.94. The van der Waals surface area contributed by atoms with E-state index in [9.17, 15) is 9.90 Å². The summed E-state index contributed by atoms with van der Waals surface area (Å²) in [4.78, 5) is 19.9. The van der Waals surface area contributed by atoms with Gasteiger partial charge in [-0.3, -0.25) is 14.7 Å². The van der Waals surface area contributed by atoms with Crippen LogP contribution in [0.5, 0.6) is 5.75 Å². The normalized spacial score (nSPS) is 17.0. The van der Waals surface area contributed by atoms with Gasteiger partial charge >= 0.3 is 0 Å². The van der Waals surface area contributed by atoms with Crippen LogP contribution < -0.4 is 5.43 Å². The van der Waals surface area contributed by atoms with Crippen molar-refractivity contribution in [2.24, 2.45) is 0 Å². The molecule has 1 aliphatic heterocycles. The van der Waals surface area contributed by atoms with Gasteiger partial charge < -0.3 is 9.52 Å². The fraction of sp³-hybridized carbons (Fsp3) is 0.231. The first-order valence-corrected chi connectivity index (χ1v) is 11.2.